The van der Waals surface area contributed by atoms with Crippen LogP contribution in [0.25, 0.3) is 16.9 Å². The van der Waals surface area contributed by atoms with E-state index in [4.69, 9.17) is 4.74 Å². The van der Waals surface area contributed by atoms with E-state index >= 15 is 0 Å². The number of nitrogens with zero attached hydrogens (tertiary/aromatic N) is 5. The normalized spacial score (nSPS) is 10.5. The van der Waals surface area contributed by atoms with Gasteiger partial charge in [-0.15, -0.1) is 5.10 Å². The second-order valence-corrected chi connectivity index (χ2v) is 7.64. The molecule has 0 spiro atoms. The molecule has 178 valence electrons. The monoisotopic (exact) mass is 469 g/mol. The quantitative estimate of drug-likeness (QED) is 0.193. The summed E-state index contributed by atoms with van der Waals surface area (Å²) < 4.78 is 7.04. The SMILES string of the molecule is C=CN(CCCNC(=O)c1ccc(Nc2nc3cccc(-c4ccc(OC)cc4)n3n2)cc1)N=C. The highest BCUT2D eigenvalue weighted by atomic mass is 16.5. The van der Waals surface area contributed by atoms with Crippen LogP contribution < -0.4 is 15.4 Å². The lowest BCUT2D eigenvalue weighted by molar-refractivity contribution is 0.0952. The van der Waals surface area contributed by atoms with Crippen LogP contribution >= 0.6 is 0 Å². The average molecular weight is 470 g/mol. The number of methoxy groups -OCH3 is 1. The van der Waals surface area contributed by atoms with E-state index in [1.165, 1.54) is 0 Å². The molecule has 4 aromatic rings. The van der Waals surface area contributed by atoms with Gasteiger partial charge >= 0.3 is 0 Å². The molecule has 0 aliphatic rings. The number of anilines is 2. The number of pyridine rings is 1. The van der Waals surface area contributed by atoms with Crippen LogP contribution in [0.1, 0.15) is 16.8 Å². The lowest BCUT2D eigenvalue weighted by atomic mass is 10.1. The molecule has 2 N–H and O–H groups in total. The van der Waals surface area contributed by atoms with Crippen LogP contribution in [-0.2, 0) is 0 Å². The molecule has 2 aromatic carbocycles. The molecular formula is C26H27N7O2. The van der Waals surface area contributed by atoms with Crippen molar-refractivity contribution >= 4 is 29.9 Å². The minimum atomic E-state index is -0.136. The first kappa shape index (κ1) is 23.5. The zero-order valence-corrected chi connectivity index (χ0v) is 19.5. The average Bonchev–Trinajstić information content (AvgIpc) is 3.31. The molecule has 2 aromatic heterocycles. The fourth-order valence-electron chi connectivity index (χ4n) is 3.54. The zero-order valence-electron chi connectivity index (χ0n) is 19.5. The molecule has 0 aliphatic carbocycles. The van der Waals surface area contributed by atoms with Crippen molar-refractivity contribution in [3.8, 4) is 17.0 Å². The van der Waals surface area contributed by atoms with E-state index in [-0.39, 0.29) is 5.91 Å². The van der Waals surface area contributed by atoms with Crippen LogP contribution in [0, 0.1) is 0 Å². The Bertz CT molecular complexity index is 1310. The van der Waals surface area contributed by atoms with Gasteiger partial charge in [-0.25, -0.2) is 4.52 Å². The molecule has 1 amide bonds. The van der Waals surface area contributed by atoms with Gasteiger partial charge in [-0.3, -0.25) is 9.80 Å². The third-order valence-electron chi connectivity index (χ3n) is 5.39. The van der Waals surface area contributed by atoms with Gasteiger partial charge < -0.3 is 15.4 Å². The largest absolute Gasteiger partial charge is 0.497 e. The van der Waals surface area contributed by atoms with E-state index < -0.39 is 0 Å². The fourth-order valence-corrected chi connectivity index (χ4v) is 3.54. The highest BCUT2D eigenvalue weighted by molar-refractivity contribution is 5.94. The Balaban J connectivity index is 1.40. The number of ether oxygens (including phenoxy) is 1. The minimum absolute atomic E-state index is 0.136. The molecule has 0 aliphatic heterocycles. The number of hydrogen-bond acceptors (Lipinski definition) is 7. The Morgan fingerprint density at radius 3 is 2.60 bits per heavy atom. The smallest absolute Gasteiger partial charge is 0.251 e. The lowest BCUT2D eigenvalue weighted by Gasteiger charge is -2.12. The Labute approximate surface area is 203 Å². The summed E-state index contributed by atoms with van der Waals surface area (Å²) in [5, 5.41) is 16.2. The maximum absolute atomic E-state index is 12.4. The van der Waals surface area contributed by atoms with Crippen LogP contribution in [0.2, 0.25) is 0 Å². The fraction of sp³-hybridized carbons (Fsp3) is 0.154. The molecule has 9 heteroatoms. The van der Waals surface area contributed by atoms with E-state index in [1.807, 2.05) is 54.6 Å². The third-order valence-corrected chi connectivity index (χ3v) is 5.39. The first-order chi connectivity index (χ1) is 17.1. The molecule has 0 unspecified atom stereocenters. The minimum Gasteiger partial charge on any atom is -0.497 e. The standard InChI is InChI=1S/C26H27N7O2/c1-4-32(27-2)18-6-17-28-25(34)20-9-13-21(14-10-20)29-26-30-24-8-5-7-23(33(24)31-26)19-11-15-22(35-3)16-12-19/h4-5,7-16H,1-2,6,17-18H2,3H3,(H,28,34)(H,29,31). The van der Waals surface area contributed by atoms with Gasteiger partial charge in [-0.1, -0.05) is 12.6 Å². The summed E-state index contributed by atoms with van der Waals surface area (Å²) in [7, 11) is 1.64. The van der Waals surface area contributed by atoms with Crippen LogP contribution in [0.3, 0.4) is 0 Å². The topological polar surface area (TPSA) is 96.2 Å². The van der Waals surface area contributed by atoms with E-state index in [2.05, 4.69) is 39.1 Å². The summed E-state index contributed by atoms with van der Waals surface area (Å²) in [6.07, 6.45) is 2.33. The lowest BCUT2D eigenvalue weighted by Crippen LogP contribution is -2.26. The molecule has 0 radical (unpaired) electrons. The number of hydrazone groups is 1. The summed E-state index contributed by atoms with van der Waals surface area (Å²) in [6, 6.07) is 20.8. The van der Waals surface area contributed by atoms with Crippen molar-refractivity contribution in [1.29, 1.82) is 0 Å². The van der Waals surface area contributed by atoms with E-state index in [0.29, 0.717) is 24.6 Å². The molecule has 0 bridgehead atoms. The number of amides is 1. The van der Waals surface area contributed by atoms with Gasteiger partial charge in [0.2, 0.25) is 5.95 Å². The number of hydrogen-bond donors (Lipinski definition) is 2. The highest BCUT2D eigenvalue weighted by Gasteiger charge is 2.10. The Hall–Kier alpha value is -4.66. The summed E-state index contributed by atoms with van der Waals surface area (Å²) in [4.78, 5) is 17.0. The molecule has 4 rings (SSSR count). The number of carbonyl (C=O) groups is 1. The maximum atomic E-state index is 12.4. The molecule has 0 saturated carbocycles. The number of rotatable bonds is 11. The predicted octanol–water partition coefficient (Wildman–Crippen LogP) is 4.33. The Kier molecular flexibility index (Phi) is 7.37. The molecule has 9 nitrogen and oxygen atoms in total. The number of nitrogens with one attached hydrogen (secondary N) is 2. The second kappa shape index (κ2) is 11.0. The molecule has 35 heavy (non-hydrogen) atoms. The van der Waals surface area contributed by atoms with Crippen LogP contribution in [0.15, 0.2) is 84.6 Å². The van der Waals surface area contributed by atoms with Gasteiger partial charge in [0.15, 0.2) is 5.65 Å². The maximum Gasteiger partial charge on any atom is 0.251 e. The summed E-state index contributed by atoms with van der Waals surface area (Å²) >= 11 is 0. The van der Waals surface area contributed by atoms with Crippen molar-refractivity contribution < 1.29 is 9.53 Å². The van der Waals surface area contributed by atoms with Crippen molar-refractivity contribution in [1.82, 2.24) is 24.9 Å². The highest BCUT2D eigenvalue weighted by Crippen LogP contribution is 2.24. The Morgan fingerprint density at radius 2 is 1.91 bits per heavy atom. The van der Waals surface area contributed by atoms with Crippen molar-refractivity contribution in [2.45, 2.75) is 6.42 Å². The Morgan fingerprint density at radius 1 is 1.14 bits per heavy atom. The molecule has 0 fully saturated rings. The van der Waals surface area contributed by atoms with Gasteiger partial charge in [-0.2, -0.15) is 10.1 Å². The van der Waals surface area contributed by atoms with Gasteiger partial charge in [0, 0.05) is 42.8 Å². The van der Waals surface area contributed by atoms with Gasteiger partial charge in [0.25, 0.3) is 5.91 Å². The van der Waals surface area contributed by atoms with Crippen LogP contribution in [0.5, 0.6) is 5.75 Å². The molecule has 0 saturated heterocycles. The van der Waals surface area contributed by atoms with E-state index in [1.54, 1.807) is 35.0 Å². The zero-order chi connectivity index (χ0) is 24.6. The van der Waals surface area contributed by atoms with Crippen molar-refractivity contribution in [3.63, 3.8) is 0 Å². The predicted molar refractivity (Wildman–Crippen MR) is 138 cm³/mol. The van der Waals surface area contributed by atoms with Gasteiger partial charge in [0.05, 0.1) is 12.8 Å². The van der Waals surface area contributed by atoms with Gasteiger partial charge in [-0.05, 0) is 67.1 Å². The first-order valence-electron chi connectivity index (χ1n) is 11.1. The number of benzene rings is 2. The number of carbonyl (C=O) groups excluding carboxylic acids is 1. The van der Waals surface area contributed by atoms with Gasteiger partial charge in [0.1, 0.15) is 5.75 Å². The van der Waals surface area contributed by atoms with Crippen molar-refractivity contribution in [2.24, 2.45) is 5.10 Å². The summed E-state index contributed by atoms with van der Waals surface area (Å²) in [5.41, 5.74) is 3.99. The molecule has 0 atom stereocenters. The summed E-state index contributed by atoms with van der Waals surface area (Å²) in [6.45, 7) is 8.29. The van der Waals surface area contributed by atoms with Crippen molar-refractivity contribution in [2.75, 3.05) is 25.5 Å². The van der Waals surface area contributed by atoms with E-state index in [9.17, 15) is 4.79 Å². The number of fused-ring (bicyclic) bond motifs is 1. The molecule has 2 heterocycles. The van der Waals surface area contributed by atoms with E-state index in [0.717, 1.165) is 34.8 Å². The first-order valence-corrected chi connectivity index (χ1v) is 11.1. The van der Waals surface area contributed by atoms with Crippen molar-refractivity contribution in [3.05, 3.63) is 85.1 Å². The van der Waals surface area contributed by atoms with Crippen LogP contribution in [0.4, 0.5) is 11.6 Å². The number of aromatic nitrogens is 3. The second-order valence-electron chi connectivity index (χ2n) is 7.64. The summed E-state index contributed by atoms with van der Waals surface area (Å²) in [5.74, 6) is 1.12. The third kappa shape index (κ3) is 5.64. The molecular weight excluding hydrogens is 442 g/mol. The van der Waals surface area contributed by atoms with Crippen LogP contribution in [-0.4, -0.2) is 52.4 Å².